The van der Waals surface area contributed by atoms with Gasteiger partial charge >= 0.3 is 15.2 Å². The monoisotopic (exact) mass is 1980 g/mol. The maximum Gasteiger partial charge on any atom is 0.331 e. The molecule has 2 aromatic heterocycles. The van der Waals surface area contributed by atoms with E-state index in [0.717, 1.165) is 144 Å². The zero-order valence-corrected chi connectivity index (χ0v) is 83.6. The van der Waals surface area contributed by atoms with Crippen molar-refractivity contribution in [1.29, 1.82) is 0 Å². The summed E-state index contributed by atoms with van der Waals surface area (Å²) in [4.78, 5) is 0. The van der Waals surface area contributed by atoms with E-state index in [1.807, 2.05) is 325 Å². The Labute approximate surface area is 838 Å². The van der Waals surface area contributed by atoms with Crippen LogP contribution in [0, 0.1) is 0 Å². The molecule has 26 nitrogen and oxygen atoms in total. The molecule has 2 aliphatic rings. The molecule has 142 heavy (non-hydrogen) atoms. The maximum absolute atomic E-state index is 15.1. The fourth-order valence-electron chi connectivity index (χ4n) is 16.9. The van der Waals surface area contributed by atoms with Crippen molar-refractivity contribution in [3.05, 3.63) is 383 Å². The van der Waals surface area contributed by atoms with Crippen LogP contribution in [0.3, 0.4) is 0 Å². The highest BCUT2D eigenvalue weighted by molar-refractivity contribution is 7.54. The molecule has 4 heterocycles. The summed E-state index contributed by atoms with van der Waals surface area (Å²) in [6.45, 7) is 9.50. The summed E-state index contributed by atoms with van der Waals surface area (Å²) in [5.74, 6) is 0. The summed E-state index contributed by atoms with van der Waals surface area (Å²) in [6, 6.07) is 99.0. The Balaban J connectivity index is 0.463. The molecule has 12 aromatic rings. The van der Waals surface area contributed by atoms with Gasteiger partial charge in [0.05, 0.1) is 114 Å². The smallest absolute Gasteiger partial charge is 0.331 e. The molecule has 2 saturated heterocycles. The Kier molecular flexibility index (Phi) is 47.8. The molecule has 28 heteroatoms. The van der Waals surface area contributed by atoms with Crippen molar-refractivity contribution in [1.82, 2.24) is 30.0 Å². The van der Waals surface area contributed by atoms with Crippen LogP contribution < -0.4 is 0 Å². The minimum absolute atomic E-state index is 0.0314. The lowest BCUT2D eigenvalue weighted by molar-refractivity contribution is -0.323. The Morgan fingerprint density at radius 3 is 0.711 bits per heavy atom. The van der Waals surface area contributed by atoms with Crippen molar-refractivity contribution in [2.75, 3.05) is 78.4 Å². The Bertz CT molecular complexity index is 4970. The summed E-state index contributed by atoms with van der Waals surface area (Å²) >= 11 is 0. The quantitative estimate of drug-likeness (QED) is 0.0253. The summed E-state index contributed by atoms with van der Waals surface area (Å²) < 4.78 is 153. The van der Waals surface area contributed by atoms with Crippen molar-refractivity contribution in [2.24, 2.45) is 0 Å². The minimum Gasteiger partial charge on any atom is -0.381 e. The van der Waals surface area contributed by atoms with Crippen LogP contribution in [0.1, 0.15) is 157 Å². The van der Waals surface area contributed by atoms with Crippen molar-refractivity contribution in [3.63, 3.8) is 0 Å². The van der Waals surface area contributed by atoms with Crippen LogP contribution >= 0.6 is 15.2 Å². The molecule has 14 rings (SSSR count). The van der Waals surface area contributed by atoms with Gasteiger partial charge in [-0.1, -0.05) is 314 Å². The van der Waals surface area contributed by atoms with Crippen molar-refractivity contribution in [3.8, 4) is 0 Å². The summed E-state index contributed by atoms with van der Waals surface area (Å²) in [5, 5.41) is 17.5. The van der Waals surface area contributed by atoms with Gasteiger partial charge in [0.1, 0.15) is 36.6 Å². The van der Waals surface area contributed by atoms with Gasteiger partial charge in [-0.25, -0.2) is 9.36 Å². The Hall–Kier alpha value is -9.78. The highest BCUT2D eigenvalue weighted by Crippen LogP contribution is 2.53. The number of ether oxygens (including phenoxy) is 14. The van der Waals surface area contributed by atoms with E-state index in [2.05, 4.69) is 20.6 Å². The lowest BCUT2D eigenvalue weighted by Gasteiger charge is -2.46. The summed E-state index contributed by atoms with van der Waals surface area (Å²) in [5.41, 5.74) is 11.5. The largest absolute Gasteiger partial charge is 0.381 e. The van der Waals surface area contributed by atoms with Crippen molar-refractivity contribution >= 4 is 15.2 Å². The average molecular weight is 1980 g/mol. The van der Waals surface area contributed by atoms with Gasteiger partial charge in [-0.15, -0.1) is 10.2 Å². The first-order valence-electron chi connectivity index (χ1n) is 50.6. The van der Waals surface area contributed by atoms with Gasteiger partial charge in [-0.05, 0) is 158 Å². The van der Waals surface area contributed by atoms with E-state index >= 15 is 9.13 Å². The number of hydrogen-bond acceptors (Lipinski definition) is 24. The van der Waals surface area contributed by atoms with Gasteiger partial charge in [-0.3, -0.25) is 9.13 Å². The summed E-state index contributed by atoms with van der Waals surface area (Å²) in [7, 11) is -7.58. The number of aryl methyl sites for hydroxylation is 4. The topological polar surface area (TPSA) is 262 Å². The second-order valence-corrected chi connectivity index (χ2v) is 40.1. The molecule has 0 unspecified atom stereocenters. The number of aromatic nitrogens is 6. The first-order valence-corrected chi connectivity index (χ1v) is 54.1. The fourth-order valence-corrected chi connectivity index (χ4v) is 20.1. The second-order valence-electron chi connectivity index (χ2n) is 35.8. The van der Waals surface area contributed by atoms with E-state index < -0.39 is 76.6 Å². The second kappa shape index (κ2) is 62.8. The lowest BCUT2D eigenvalue weighted by atomic mass is 9.96. The zero-order valence-electron chi connectivity index (χ0n) is 81.8. The molecule has 0 aliphatic carbocycles. The van der Waals surface area contributed by atoms with Gasteiger partial charge in [0.15, 0.2) is 12.6 Å². The van der Waals surface area contributed by atoms with Crippen LogP contribution in [0.4, 0.5) is 0 Å². The third-order valence-electron chi connectivity index (χ3n) is 24.8. The number of nitrogens with zero attached hydrogens (tertiary/aromatic N) is 6. The molecule has 10 aromatic carbocycles. The minimum atomic E-state index is -3.79. The fraction of sp³-hybridized carbons (Fsp3) is 0.439. The van der Waals surface area contributed by atoms with E-state index in [4.69, 9.17) is 84.4 Å². The first kappa shape index (κ1) is 108. The molecule has 0 spiro atoms. The van der Waals surface area contributed by atoms with Crippen molar-refractivity contribution in [2.45, 2.75) is 243 Å². The van der Waals surface area contributed by atoms with Crippen LogP contribution in [-0.2, 0) is 186 Å². The van der Waals surface area contributed by atoms with E-state index in [1.165, 1.54) is 0 Å². The SMILES string of the molecule is O=P(CC[C@H]1O[C@H](OCCCCn2nncc2CCCOCCCCOCCCCOCCCCOCCCc2cnnn2CCCCO[C@H]2O[C@H](CCP(=O)(OCc3ccccc3)OCc3ccccc3)[C@@H](OCc3ccccc3)[C@H](OCc3ccccc3)[C@@H]2OCc2ccccc2)[C@@H](OCc2ccccc2)[C@@H](OCc2ccccc2)[C@@H]1OCc1ccccc1)(OCc1ccccc1)OCc1ccccc1. The molecule has 0 radical (unpaired) electrons. The molecule has 758 valence electrons. The molecule has 10 atom stereocenters. The van der Waals surface area contributed by atoms with Crippen LogP contribution in [0.2, 0.25) is 0 Å². The van der Waals surface area contributed by atoms with Crippen LogP contribution in [-0.4, -0.2) is 170 Å². The predicted octanol–water partition coefficient (Wildman–Crippen LogP) is 22.4. The predicted molar refractivity (Wildman–Crippen MR) is 545 cm³/mol. The highest BCUT2D eigenvalue weighted by Gasteiger charge is 2.52. The van der Waals surface area contributed by atoms with E-state index in [0.29, 0.717) is 92.0 Å². The van der Waals surface area contributed by atoms with Crippen LogP contribution in [0.5, 0.6) is 0 Å². The number of benzene rings is 10. The number of hydrogen-bond donors (Lipinski definition) is 0. The number of rotatable bonds is 71. The lowest BCUT2D eigenvalue weighted by Crippen LogP contribution is -2.61. The van der Waals surface area contributed by atoms with E-state index in [1.54, 1.807) is 0 Å². The molecular weight excluding hydrogens is 1840 g/mol. The van der Waals surface area contributed by atoms with Gasteiger partial charge in [0, 0.05) is 79.2 Å². The van der Waals surface area contributed by atoms with Gasteiger partial charge in [0.25, 0.3) is 0 Å². The number of unbranched alkanes of at least 4 members (excludes halogenated alkanes) is 5. The van der Waals surface area contributed by atoms with Gasteiger partial charge < -0.3 is 84.4 Å². The van der Waals surface area contributed by atoms with Crippen LogP contribution in [0.15, 0.2) is 316 Å². The normalized spacial score (nSPS) is 18.3. The standard InChI is InChI=1S/C114H142N6O20P2/c121-141(135-89-99-55-23-7-24-56-99,136-90-100-57-25-8-26-58-100)79-65-105-107(129-83-93-43-11-1-12-44-93)109(131-85-95-47-15-3-16-48-95)111(133-87-97-51-19-5-20-52-97)113(139-105)127-77-33-31-67-119-103(81-115-117-119)63-41-75-125-73-39-37-71-123-69-35-36-70-124-72-38-40-74-126-76-42-64-104-82-116-118-120(104)68-32-34-78-128-114-112(134-88-98-53-21-6-22-54-98)110(132-86-96-49-17-4-18-50-96)108(130-84-94-45-13-2-14-46-94)106(140-114)66-80-142(122,137-91-101-59-27-9-28-60-101)138-92-102-61-29-10-30-62-102/h1-30,43-62,81-82,105-114H,31-42,63-80,83-92H2/t105-,106-,107-,108-,109+,110+,111+,112+,113+,114+/m1/s1. The first-order chi connectivity index (χ1) is 70.2. The summed E-state index contributed by atoms with van der Waals surface area (Å²) in [6.07, 6.45) is 8.56. The molecule has 2 aliphatic heterocycles. The molecule has 0 N–H and O–H groups in total. The zero-order chi connectivity index (χ0) is 97.5. The van der Waals surface area contributed by atoms with E-state index in [9.17, 15) is 0 Å². The molecule has 2 fully saturated rings. The third-order valence-corrected chi connectivity index (χ3v) is 28.5. The maximum atomic E-state index is 15.1. The molecule has 0 amide bonds. The van der Waals surface area contributed by atoms with Crippen LogP contribution in [0.25, 0.3) is 0 Å². The molecule has 0 saturated carbocycles. The molecule has 0 bridgehead atoms. The third kappa shape index (κ3) is 38.6. The van der Waals surface area contributed by atoms with Gasteiger partial charge in [-0.2, -0.15) is 0 Å². The average Bonchev–Trinajstić information content (AvgIpc) is 1.32. The highest BCUT2D eigenvalue weighted by atomic mass is 31.2. The van der Waals surface area contributed by atoms with Crippen molar-refractivity contribution < 1.29 is 93.5 Å². The Morgan fingerprint density at radius 2 is 0.458 bits per heavy atom. The Morgan fingerprint density at radius 1 is 0.239 bits per heavy atom. The molecular formula is C114H142N6O20P2. The van der Waals surface area contributed by atoms with Gasteiger partial charge in [0.2, 0.25) is 0 Å². The van der Waals surface area contributed by atoms with E-state index in [-0.39, 0.29) is 91.2 Å².